The molecule has 0 heterocycles. The van der Waals surface area contributed by atoms with Crippen LogP contribution in [0.5, 0.6) is 0 Å². The standard InChI is InChI=1S/C10H10O3S/c1-13-6-8(10(11)12)7-4-2-3-5-9(7)14/h2-4,6H,5H2,1H3,(H,11,12). The monoisotopic (exact) mass is 210 g/mol. The van der Waals surface area contributed by atoms with Gasteiger partial charge in [0, 0.05) is 16.9 Å². The van der Waals surface area contributed by atoms with E-state index < -0.39 is 5.97 Å². The maximum absolute atomic E-state index is 10.9. The first-order valence-electron chi connectivity index (χ1n) is 4.03. The molecule has 0 amide bonds. The minimum Gasteiger partial charge on any atom is -0.503 e. The van der Waals surface area contributed by atoms with E-state index in [1.165, 1.54) is 13.4 Å². The van der Waals surface area contributed by atoms with Crippen LogP contribution in [0, 0.1) is 0 Å². The van der Waals surface area contributed by atoms with Crippen molar-refractivity contribution < 1.29 is 14.6 Å². The molecule has 0 aromatic carbocycles. The highest BCUT2D eigenvalue weighted by Crippen LogP contribution is 2.18. The molecule has 74 valence electrons. The second-order valence-electron chi connectivity index (χ2n) is 2.71. The Kier molecular flexibility index (Phi) is 3.59. The second-order valence-corrected chi connectivity index (χ2v) is 3.20. The van der Waals surface area contributed by atoms with Gasteiger partial charge in [0.05, 0.1) is 13.4 Å². The summed E-state index contributed by atoms with van der Waals surface area (Å²) in [4.78, 5) is 11.5. The molecule has 3 nitrogen and oxygen atoms in total. The predicted octanol–water partition coefficient (Wildman–Crippen LogP) is 1.86. The molecule has 0 unspecified atom stereocenters. The first kappa shape index (κ1) is 10.7. The molecule has 0 saturated heterocycles. The Morgan fingerprint density at radius 2 is 2.43 bits per heavy atom. The third kappa shape index (κ3) is 2.29. The average molecular weight is 210 g/mol. The number of hydrogen-bond donors (Lipinski definition) is 1. The number of thiocarbonyl (C=S) groups is 1. The van der Waals surface area contributed by atoms with Crippen LogP contribution >= 0.6 is 12.2 Å². The summed E-state index contributed by atoms with van der Waals surface area (Å²) in [5, 5.41) is 8.90. The highest BCUT2D eigenvalue weighted by molar-refractivity contribution is 7.80. The molecule has 1 rings (SSSR count). The SMILES string of the molecule is COC=C(C(=O)O)C1=CC=CCC1=S. The average Bonchev–Trinajstić information content (AvgIpc) is 2.15. The van der Waals surface area contributed by atoms with Crippen LogP contribution in [-0.4, -0.2) is 23.1 Å². The first-order valence-corrected chi connectivity index (χ1v) is 4.44. The fraction of sp³-hybridized carbons (Fsp3) is 0.200. The van der Waals surface area contributed by atoms with Gasteiger partial charge >= 0.3 is 5.97 Å². The third-order valence-electron chi connectivity index (χ3n) is 1.76. The Labute approximate surface area is 87.4 Å². The maximum Gasteiger partial charge on any atom is 0.339 e. The number of allylic oxidation sites excluding steroid dienone is 3. The van der Waals surface area contributed by atoms with E-state index in [0.29, 0.717) is 16.9 Å². The lowest BCUT2D eigenvalue weighted by Gasteiger charge is -2.10. The van der Waals surface area contributed by atoms with E-state index in [-0.39, 0.29) is 5.57 Å². The summed E-state index contributed by atoms with van der Waals surface area (Å²) in [6.45, 7) is 0. The van der Waals surface area contributed by atoms with Crippen LogP contribution in [0.3, 0.4) is 0 Å². The Morgan fingerprint density at radius 3 is 2.93 bits per heavy atom. The molecule has 14 heavy (non-hydrogen) atoms. The van der Waals surface area contributed by atoms with E-state index in [1.807, 2.05) is 6.08 Å². The molecule has 1 aliphatic rings. The van der Waals surface area contributed by atoms with Gasteiger partial charge in [-0.1, -0.05) is 30.4 Å². The van der Waals surface area contributed by atoms with E-state index in [0.717, 1.165) is 0 Å². The van der Waals surface area contributed by atoms with Crippen molar-refractivity contribution in [3.8, 4) is 0 Å². The molecule has 0 spiro atoms. The van der Waals surface area contributed by atoms with Crippen LogP contribution < -0.4 is 0 Å². The summed E-state index contributed by atoms with van der Waals surface area (Å²) in [7, 11) is 1.41. The number of carboxylic acids is 1. The predicted molar refractivity (Wildman–Crippen MR) is 57.2 cm³/mol. The third-order valence-corrected chi connectivity index (χ3v) is 2.15. The van der Waals surface area contributed by atoms with E-state index in [1.54, 1.807) is 12.2 Å². The van der Waals surface area contributed by atoms with Crippen LogP contribution in [0.25, 0.3) is 0 Å². The largest absolute Gasteiger partial charge is 0.503 e. The van der Waals surface area contributed by atoms with E-state index in [9.17, 15) is 4.79 Å². The zero-order valence-electron chi connectivity index (χ0n) is 7.69. The number of methoxy groups -OCH3 is 1. The fourth-order valence-corrected chi connectivity index (χ4v) is 1.40. The van der Waals surface area contributed by atoms with Crippen LogP contribution in [-0.2, 0) is 9.53 Å². The molecular weight excluding hydrogens is 200 g/mol. The Balaban J connectivity index is 3.05. The van der Waals surface area contributed by atoms with Gasteiger partial charge in [-0.15, -0.1) is 0 Å². The van der Waals surface area contributed by atoms with Crippen molar-refractivity contribution in [3.63, 3.8) is 0 Å². The zero-order valence-corrected chi connectivity index (χ0v) is 8.50. The molecule has 0 bridgehead atoms. The molecule has 0 radical (unpaired) electrons. The normalized spacial score (nSPS) is 16.5. The minimum atomic E-state index is -1.03. The lowest BCUT2D eigenvalue weighted by Crippen LogP contribution is -2.11. The number of carboxylic acid groups (broad SMARTS) is 1. The fourth-order valence-electron chi connectivity index (χ4n) is 1.13. The van der Waals surface area contributed by atoms with Gasteiger partial charge in [0.25, 0.3) is 0 Å². The minimum absolute atomic E-state index is 0.0989. The van der Waals surface area contributed by atoms with Gasteiger partial charge in [-0.2, -0.15) is 0 Å². The van der Waals surface area contributed by atoms with Crippen LogP contribution in [0.1, 0.15) is 6.42 Å². The molecule has 0 atom stereocenters. The lowest BCUT2D eigenvalue weighted by atomic mass is 9.98. The van der Waals surface area contributed by atoms with E-state index in [2.05, 4.69) is 0 Å². The number of carbonyl (C=O) groups is 1. The van der Waals surface area contributed by atoms with E-state index >= 15 is 0 Å². The Hall–Kier alpha value is -1.42. The summed E-state index contributed by atoms with van der Waals surface area (Å²) < 4.78 is 4.70. The van der Waals surface area contributed by atoms with Crippen molar-refractivity contribution in [1.82, 2.24) is 0 Å². The Bertz CT molecular complexity index is 350. The molecule has 1 N–H and O–H groups in total. The molecule has 1 aliphatic carbocycles. The van der Waals surface area contributed by atoms with Crippen molar-refractivity contribution in [2.75, 3.05) is 7.11 Å². The maximum atomic E-state index is 10.9. The molecule has 0 aromatic rings. The Morgan fingerprint density at radius 1 is 1.71 bits per heavy atom. The number of ether oxygens (including phenoxy) is 1. The topological polar surface area (TPSA) is 46.5 Å². The summed E-state index contributed by atoms with van der Waals surface area (Å²) >= 11 is 5.06. The van der Waals surface area contributed by atoms with Gasteiger partial charge in [0.2, 0.25) is 0 Å². The van der Waals surface area contributed by atoms with Crippen molar-refractivity contribution >= 4 is 23.1 Å². The first-order chi connectivity index (χ1) is 6.66. The van der Waals surface area contributed by atoms with Crippen LogP contribution in [0.15, 0.2) is 35.6 Å². The van der Waals surface area contributed by atoms with Gasteiger partial charge < -0.3 is 9.84 Å². The molecule has 0 saturated carbocycles. The van der Waals surface area contributed by atoms with E-state index in [4.69, 9.17) is 22.1 Å². The van der Waals surface area contributed by atoms with Gasteiger partial charge in [-0.25, -0.2) is 4.79 Å². The van der Waals surface area contributed by atoms with Gasteiger partial charge in [0.1, 0.15) is 5.57 Å². The van der Waals surface area contributed by atoms with Crippen LogP contribution in [0.4, 0.5) is 0 Å². The van der Waals surface area contributed by atoms with Gasteiger partial charge in [-0.05, 0) is 0 Å². The molecule has 0 fully saturated rings. The number of rotatable bonds is 3. The molecule has 4 heteroatoms. The number of hydrogen-bond acceptors (Lipinski definition) is 3. The van der Waals surface area contributed by atoms with Crippen molar-refractivity contribution in [2.24, 2.45) is 0 Å². The highest BCUT2D eigenvalue weighted by atomic mass is 32.1. The second kappa shape index (κ2) is 4.72. The quantitative estimate of drug-likeness (QED) is 0.439. The lowest BCUT2D eigenvalue weighted by molar-refractivity contribution is -0.132. The van der Waals surface area contributed by atoms with Gasteiger partial charge in [0.15, 0.2) is 0 Å². The summed E-state index contributed by atoms with van der Waals surface area (Å²) in [6.07, 6.45) is 7.16. The molecular formula is C10H10O3S. The highest BCUT2D eigenvalue weighted by Gasteiger charge is 2.18. The van der Waals surface area contributed by atoms with Crippen molar-refractivity contribution in [3.05, 3.63) is 35.6 Å². The van der Waals surface area contributed by atoms with Crippen LogP contribution in [0.2, 0.25) is 0 Å². The molecule has 0 aliphatic heterocycles. The van der Waals surface area contributed by atoms with Crippen molar-refractivity contribution in [2.45, 2.75) is 6.42 Å². The summed E-state index contributed by atoms with van der Waals surface area (Å²) in [5.41, 5.74) is 0.652. The zero-order chi connectivity index (χ0) is 10.6. The smallest absolute Gasteiger partial charge is 0.339 e. The molecule has 0 aromatic heterocycles. The summed E-state index contributed by atoms with van der Waals surface area (Å²) in [5.74, 6) is -1.03. The van der Waals surface area contributed by atoms with Gasteiger partial charge in [-0.3, -0.25) is 0 Å². The summed E-state index contributed by atoms with van der Waals surface area (Å²) in [6, 6.07) is 0. The number of aliphatic carboxylic acids is 1. The van der Waals surface area contributed by atoms with Crippen molar-refractivity contribution in [1.29, 1.82) is 0 Å².